The third kappa shape index (κ3) is 3.57. The number of pyridine rings is 1. The molecule has 0 radical (unpaired) electrons. The van der Waals surface area contributed by atoms with Crippen LogP contribution in [0.3, 0.4) is 0 Å². The number of anilines is 2. The fourth-order valence-electron chi connectivity index (χ4n) is 2.44. The highest BCUT2D eigenvalue weighted by Crippen LogP contribution is 2.25. The van der Waals surface area contributed by atoms with E-state index < -0.39 is 4.92 Å². The Morgan fingerprint density at radius 3 is 2.90 bits per heavy atom. The quantitative estimate of drug-likeness (QED) is 0.610. The summed E-state index contributed by atoms with van der Waals surface area (Å²) in [6, 6.07) is 3.13. The Bertz CT molecular complexity index is 480. The van der Waals surface area contributed by atoms with Crippen molar-refractivity contribution in [2.24, 2.45) is 5.92 Å². The number of hydrogen-bond acceptors (Lipinski definition) is 6. The smallest absolute Gasteiger partial charge is 0.311 e. The Morgan fingerprint density at radius 1 is 1.50 bits per heavy atom. The van der Waals surface area contributed by atoms with Crippen molar-refractivity contribution in [1.29, 1.82) is 0 Å². The second-order valence-corrected chi connectivity index (χ2v) is 5.15. The zero-order chi connectivity index (χ0) is 14.5. The summed E-state index contributed by atoms with van der Waals surface area (Å²) in [6.45, 7) is 5.52. The lowest BCUT2D eigenvalue weighted by Gasteiger charge is -2.13. The maximum absolute atomic E-state index is 11.0. The number of hydrogen-bond donors (Lipinski definition) is 2. The molecule has 0 saturated carbocycles. The van der Waals surface area contributed by atoms with Gasteiger partial charge in [-0.2, -0.15) is 0 Å². The van der Waals surface area contributed by atoms with Crippen molar-refractivity contribution in [2.45, 2.75) is 13.3 Å². The first-order valence-corrected chi connectivity index (χ1v) is 6.92. The highest BCUT2D eigenvalue weighted by molar-refractivity contribution is 5.60. The molecule has 1 saturated heterocycles. The van der Waals surface area contributed by atoms with Gasteiger partial charge in [-0.25, -0.2) is 4.98 Å². The van der Waals surface area contributed by atoms with Gasteiger partial charge in [0.1, 0.15) is 5.82 Å². The summed E-state index contributed by atoms with van der Waals surface area (Å²) in [4.78, 5) is 17.2. The van der Waals surface area contributed by atoms with Gasteiger partial charge in [0.15, 0.2) is 0 Å². The standard InChI is InChI=1S/C13H21N5O2/c1-3-14-12-5-4-11(18(19)20)13(16-12)15-8-10-6-7-17(2)9-10/h4-5,10H,3,6-9H2,1-2H3,(H2,14,15,16). The molecule has 20 heavy (non-hydrogen) atoms. The molecule has 2 N–H and O–H groups in total. The summed E-state index contributed by atoms with van der Waals surface area (Å²) in [7, 11) is 2.09. The van der Waals surface area contributed by atoms with E-state index in [9.17, 15) is 10.1 Å². The first-order valence-electron chi connectivity index (χ1n) is 6.92. The average Bonchev–Trinajstić information content (AvgIpc) is 2.82. The molecule has 1 aromatic rings. The molecule has 0 aromatic carbocycles. The molecular weight excluding hydrogens is 258 g/mol. The van der Waals surface area contributed by atoms with Crippen LogP contribution in [0.5, 0.6) is 0 Å². The molecule has 2 rings (SSSR count). The Morgan fingerprint density at radius 2 is 2.30 bits per heavy atom. The van der Waals surface area contributed by atoms with Gasteiger partial charge in [0.25, 0.3) is 0 Å². The molecule has 0 bridgehead atoms. The topological polar surface area (TPSA) is 83.3 Å². The third-order valence-corrected chi connectivity index (χ3v) is 3.48. The Labute approximate surface area is 118 Å². The van der Waals surface area contributed by atoms with E-state index in [0.29, 0.717) is 24.1 Å². The Kier molecular flexibility index (Phi) is 4.73. The van der Waals surface area contributed by atoms with E-state index in [0.717, 1.165) is 26.1 Å². The molecule has 110 valence electrons. The predicted molar refractivity (Wildman–Crippen MR) is 79.1 cm³/mol. The summed E-state index contributed by atoms with van der Waals surface area (Å²) in [5.41, 5.74) is 0.0259. The summed E-state index contributed by atoms with van der Waals surface area (Å²) in [5, 5.41) is 17.2. The summed E-state index contributed by atoms with van der Waals surface area (Å²) >= 11 is 0. The number of nitrogens with one attached hydrogen (secondary N) is 2. The fraction of sp³-hybridized carbons (Fsp3) is 0.615. The van der Waals surface area contributed by atoms with E-state index in [4.69, 9.17) is 0 Å². The molecule has 1 atom stereocenters. The Hall–Kier alpha value is -1.89. The van der Waals surface area contributed by atoms with Gasteiger partial charge in [-0.15, -0.1) is 0 Å². The van der Waals surface area contributed by atoms with Gasteiger partial charge in [0.05, 0.1) is 4.92 Å². The monoisotopic (exact) mass is 279 g/mol. The zero-order valence-corrected chi connectivity index (χ0v) is 11.9. The van der Waals surface area contributed by atoms with Crippen LogP contribution in [-0.2, 0) is 0 Å². The number of rotatable bonds is 6. The number of likely N-dealkylation sites (tertiary alicyclic amines) is 1. The maximum atomic E-state index is 11.0. The molecule has 0 aliphatic carbocycles. The van der Waals surface area contributed by atoms with E-state index in [-0.39, 0.29) is 5.69 Å². The molecule has 0 spiro atoms. The van der Waals surface area contributed by atoms with Crippen LogP contribution >= 0.6 is 0 Å². The van der Waals surface area contributed by atoms with Crippen LogP contribution in [0.4, 0.5) is 17.3 Å². The SMILES string of the molecule is CCNc1ccc([N+](=O)[O-])c(NCC2CCN(C)C2)n1. The second-order valence-electron chi connectivity index (χ2n) is 5.15. The van der Waals surface area contributed by atoms with Gasteiger partial charge < -0.3 is 15.5 Å². The minimum absolute atomic E-state index is 0.0259. The maximum Gasteiger partial charge on any atom is 0.311 e. The second kappa shape index (κ2) is 6.51. The molecule has 2 heterocycles. The van der Waals surface area contributed by atoms with Gasteiger partial charge in [0, 0.05) is 25.7 Å². The predicted octanol–water partition coefficient (Wildman–Crippen LogP) is 1.79. The number of nitro groups is 1. The Balaban J connectivity index is 2.07. The van der Waals surface area contributed by atoms with Crippen LogP contribution in [0, 0.1) is 16.0 Å². The molecule has 1 aliphatic rings. The van der Waals surface area contributed by atoms with Crippen molar-refractivity contribution in [3.63, 3.8) is 0 Å². The molecule has 1 fully saturated rings. The third-order valence-electron chi connectivity index (χ3n) is 3.48. The highest BCUT2D eigenvalue weighted by atomic mass is 16.6. The molecule has 0 amide bonds. The van der Waals surface area contributed by atoms with Crippen LogP contribution in [0.15, 0.2) is 12.1 Å². The lowest BCUT2D eigenvalue weighted by molar-refractivity contribution is -0.384. The minimum atomic E-state index is -0.397. The fourth-order valence-corrected chi connectivity index (χ4v) is 2.44. The first kappa shape index (κ1) is 14.5. The van der Waals surface area contributed by atoms with E-state index in [1.165, 1.54) is 6.07 Å². The molecule has 1 unspecified atom stereocenters. The lowest BCUT2D eigenvalue weighted by Crippen LogP contribution is -2.20. The summed E-state index contributed by atoms with van der Waals surface area (Å²) in [6.07, 6.45) is 1.12. The van der Waals surface area contributed by atoms with Crippen molar-refractivity contribution in [2.75, 3.05) is 43.9 Å². The normalized spacial score (nSPS) is 19.0. The average molecular weight is 279 g/mol. The van der Waals surface area contributed by atoms with Gasteiger partial charge in [-0.3, -0.25) is 10.1 Å². The molecule has 7 heteroatoms. The largest absolute Gasteiger partial charge is 0.370 e. The van der Waals surface area contributed by atoms with Crippen molar-refractivity contribution >= 4 is 17.3 Å². The van der Waals surface area contributed by atoms with Crippen molar-refractivity contribution in [3.05, 3.63) is 22.2 Å². The van der Waals surface area contributed by atoms with Crippen LogP contribution in [0.1, 0.15) is 13.3 Å². The van der Waals surface area contributed by atoms with Crippen molar-refractivity contribution in [3.8, 4) is 0 Å². The molecule has 7 nitrogen and oxygen atoms in total. The van der Waals surface area contributed by atoms with E-state index >= 15 is 0 Å². The van der Waals surface area contributed by atoms with Gasteiger partial charge >= 0.3 is 5.69 Å². The van der Waals surface area contributed by atoms with E-state index in [1.807, 2.05) is 6.92 Å². The lowest BCUT2D eigenvalue weighted by atomic mass is 10.1. The van der Waals surface area contributed by atoms with Crippen LogP contribution in [0.25, 0.3) is 0 Å². The zero-order valence-electron chi connectivity index (χ0n) is 11.9. The van der Waals surface area contributed by atoms with Crippen LogP contribution in [0.2, 0.25) is 0 Å². The van der Waals surface area contributed by atoms with Crippen LogP contribution in [-0.4, -0.2) is 48.0 Å². The number of aromatic nitrogens is 1. The molecule has 1 aromatic heterocycles. The summed E-state index contributed by atoms with van der Waals surface area (Å²) < 4.78 is 0. The van der Waals surface area contributed by atoms with E-state index in [1.54, 1.807) is 6.07 Å². The summed E-state index contributed by atoms with van der Waals surface area (Å²) in [5.74, 6) is 1.52. The van der Waals surface area contributed by atoms with Crippen molar-refractivity contribution in [1.82, 2.24) is 9.88 Å². The van der Waals surface area contributed by atoms with Crippen LogP contribution < -0.4 is 10.6 Å². The van der Waals surface area contributed by atoms with Gasteiger partial charge in [-0.1, -0.05) is 0 Å². The van der Waals surface area contributed by atoms with Gasteiger partial charge in [0.2, 0.25) is 5.82 Å². The molecular formula is C13H21N5O2. The number of nitrogens with zero attached hydrogens (tertiary/aromatic N) is 3. The van der Waals surface area contributed by atoms with E-state index in [2.05, 4.69) is 27.6 Å². The van der Waals surface area contributed by atoms with Crippen molar-refractivity contribution < 1.29 is 4.92 Å². The first-order chi connectivity index (χ1) is 9.60. The minimum Gasteiger partial charge on any atom is -0.370 e. The van der Waals surface area contributed by atoms with Gasteiger partial charge in [-0.05, 0) is 38.9 Å². The highest BCUT2D eigenvalue weighted by Gasteiger charge is 2.21. The molecule has 1 aliphatic heterocycles.